The molecule has 2 heteroatoms. The molecule has 0 aromatic rings. The van der Waals surface area contributed by atoms with Gasteiger partial charge in [0.2, 0.25) is 0 Å². The van der Waals surface area contributed by atoms with E-state index in [0.717, 1.165) is 6.42 Å². The summed E-state index contributed by atoms with van der Waals surface area (Å²) in [6, 6.07) is 0. The Morgan fingerprint density at radius 1 is 1.12 bits per heavy atom. The van der Waals surface area contributed by atoms with Crippen molar-refractivity contribution in [3.8, 4) is 0 Å². The van der Waals surface area contributed by atoms with Crippen molar-refractivity contribution in [1.82, 2.24) is 0 Å². The fourth-order valence-electron chi connectivity index (χ4n) is 3.03. The van der Waals surface area contributed by atoms with Gasteiger partial charge in [0.25, 0.3) is 0 Å². The maximum atomic E-state index is 11.6. The Kier molecular flexibility index (Phi) is 7.30. The van der Waals surface area contributed by atoms with E-state index in [1.807, 2.05) is 0 Å². The van der Waals surface area contributed by atoms with Gasteiger partial charge in [-0.25, -0.2) is 0 Å². The molecule has 0 amide bonds. The van der Waals surface area contributed by atoms with E-state index in [9.17, 15) is 4.79 Å². The molecule has 0 aromatic heterocycles. The van der Waals surface area contributed by atoms with Crippen LogP contribution in [0.25, 0.3) is 0 Å². The Balaban J connectivity index is 2.11. The summed E-state index contributed by atoms with van der Waals surface area (Å²) < 4.78 is 4.88. The van der Waals surface area contributed by atoms with Gasteiger partial charge >= 0.3 is 5.97 Å². The predicted molar refractivity (Wildman–Crippen MR) is 70.8 cm³/mol. The first-order valence-electron chi connectivity index (χ1n) is 7.37. The number of ether oxygens (including phenoxy) is 1. The van der Waals surface area contributed by atoms with Crippen LogP contribution in [-0.2, 0) is 9.53 Å². The van der Waals surface area contributed by atoms with Crippen molar-refractivity contribution in [3.63, 3.8) is 0 Å². The van der Waals surface area contributed by atoms with Gasteiger partial charge in [0, 0.05) is 0 Å². The van der Waals surface area contributed by atoms with Crippen LogP contribution in [0.5, 0.6) is 0 Å². The van der Waals surface area contributed by atoms with Crippen LogP contribution in [0.4, 0.5) is 0 Å². The summed E-state index contributed by atoms with van der Waals surface area (Å²) in [5, 5.41) is 0. The highest BCUT2D eigenvalue weighted by molar-refractivity contribution is 5.72. The number of methoxy groups -OCH3 is 1. The smallest absolute Gasteiger partial charge is 0.308 e. The molecule has 0 bridgehead atoms. The number of rotatable bonds is 8. The van der Waals surface area contributed by atoms with E-state index in [2.05, 4.69) is 6.92 Å². The molecule has 17 heavy (non-hydrogen) atoms. The van der Waals surface area contributed by atoms with Crippen LogP contribution in [0.1, 0.15) is 71.1 Å². The molecular weight excluding hydrogens is 212 g/mol. The molecule has 1 rings (SSSR count). The predicted octanol–water partition coefficient (Wildman–Crippen LogP) is 4.33. The van der Waals surface area contributed by atoms with E-state index in [4.69, 9.17) is 4.74 Å². The summed E-state index contributed by atoms with van der Waals surface area (Å²) in [6.45, 7) is 2.25. The minimum absolute atomic E-state index is 0.0264. The molecule has 0 unspecified atom stereocenters. The van der Waals surface area contributed by atoms with Crippen molar-refractivity contribution in [2.45, 2.75) is 71.1 Å². The Labute approximate surface area is 106 Å². The number of esters is 1. The van der Waals surface area contributed by atoms with Crippen LogP contribution in [0, 0.1) is 11.8 Å². The maximum Gasteiger partial charge on any atom is 0.308 e. The zero-order chi connectivity index (χ0) is 12.5. The Morgan fingerprint density at radius 3 is 2.53 bits per heavy atom. The van der Waals surface area contributed by atoms with Gasteiger partial charge in [-0.15, -0.1) is 0 Å². The van der Waals surface area contributed by atoms with E-state index in [1.165, 1.54) is 64.9 Å². The summed E-state index contributed by atoms with van der Waals surface area (Å²) in [7, 11) is 1.52. The maximum absolute atomic E-state index is 11.6. The fourth-order valence-corrected chi connectivity index (χ4v) is 3.03. The molecule has 100 valence electrons. The third-order valence-corrected chi connectivity index (χ3v) is 4.09. The van der Waals surface area contributed by atoms with Gasteiger partial charge in [-0.05, 0) is 25.2 Å². The lowest BCUT2D eigenvalue weighted by Crippen LogP contribution is -2.20. The molecular formula is C15H28O2. The van der Waals surface area contributed by atoms with Gasteiger partial charge in [0.05, 0.1) is 13.0 Å². The number of carbonyl (C=O) groups excluding carboxylic acids is 1. The molecule has 0 N–H and O–H groups in total. The van der Waals surface area contributed by atoms with Gasteiger partial charge in [-0.2, -0.15) is 0 Å². The Morgan fingerprint density at radius 2 is 1.82 bits per heavy atom. The average molecular weight is 240 g/mol. The standard InChI is InChI=1S/C15H28O2/c1-3-4-5-6-7-8-10-13-11-9-12-14(13)15(16)17-2/h13-14H,3-12H2,1-2H3/t13-,14-/m1/s1. The van der Waals surface area contributed by atoms with Crippen LogP contribution < -0.4 is 0 Å². The highest BCUT2D eigenvalue weighted by atomic mass is 16.5. The average Bonchev–Trinajstić information content (AvgIpc) is 2.81. The molecule has 2 nitrogen and oxygen atoms in total. The van der Waals surface area contributed by atoms with Crippen molar-refractivity contribution in [1.29, 1.82) is 0 Å². The van der Waals surface area contributed by atoms with E-state index >= 15 is 0 Å². The quantitative estimate of drug-likeness (QED) is 0.466. The molecule has 1 aliphatic carbocycles. The topological polar surface area (TPSA) is 26.3 Å². The summed E-state index contributed by atoms with van der Waals surface area (Å²) >= 11 is 0. The number of unbranched alkanes of at least 4 members (excludes halogenated alkanes) is 5. The minimum Gasteiger partial charge on any atom is -0.469 e. The van der Waals surface area contributed by atoms with E-state index < -0.39 is 0 Å². The highest BCUT2D eigenvalue weighted by Crippen LogP contribution is 2.36. The lowest BCUT2D eigenvalue weighted by atomic mass is 9.90. The van der Waals surface area contributed by atoms with Crippen molar-refractivity contribution < 1.29 is 9.53 Å². The molecule has 0 heterocycles. The molecule has 1 aliphatic rings. The molecule has 2 atom stereocenters. The monoisotopic (exact) mass is 240 g/mol. The van der Waals surface area contributed by atoms with Crippen molar-refractivity contribution >= 4 is 5.97 Å². The lowest BCUT2D eigenvalue weighted by molar-refractivity contribution is -0.146. The van der Waals surface area contributed by atoms with E-state index in [1.54, 1.807) is 0 Å². The summed E-state index contributed by atoms with van der Waals surface area (Å²) in [5.41, 5.74) is 0. The second-order valence-electron chi connectivity index (χ2n) is 5.38. The van der Waals surface area contributed by atoms with Crippen molar-refractivity contribution in [2.24, 2.45) is 11.8 Å². The molecule has 0 aliphatic heterocycles. The van der Waals surface area contributed by atoms with E-state index in [-0.39, 0.29) is 11.9 Å². The SMILES string of the molecule is CCCCCCCC[C@@H]1CCC[C@H]1C(=O)OC. The van der Waals surface area contributed by atoms with Crippen LogP contribution in [0.3, 0.4) is 0 Å². The summed E-state index contributed by atoms with van der Waals surface area (Å²) in [4.78, 5) is 11.6. The first-order chi connectivity index (χ1) is 8.29. The second-order valence-corrected chi connectivity index (χ2v) is 5.38. The number of hydrogen-bond acceptors (Lipinski definition) is 2. The van der Waals surface area contributed by atoms with Gasteiger partial charge in [-0.3, -0.25) is 4.79 Å². The molecule has 0 radical (unpaired) electrons. The largest absolute Gasteiger partial charge is 0.469 e. The number of carbonyl (C=O) groups is 1. The molecule has 1 saturated carbocycles. The van der Waals surface area contributed by atoms with Gasteiger partial charge in [0.1, 0.15) is 0 Å². The molecule has 0 spiro atoms. The van der Waals surface area contributed by atoms with Crippen LogP contribution in [0.2, 0.25) is 0 Å². The molecule has 0 saturated heterocycles. The second kappa shape index (κ2) is 8.54. The number of hydrogen-bond donors (Lipinski definition) is 0. The van der Waals surface area contributed by atoms with E-state index in [0.29, 0.717) is 5.92 Å². The molecule has 1 fully saturated rings. The Hall–Kier alpha value is -0.530. The lowest BCUT2D eigenvalue weighted by Gasteiger charge is -2.17. The van der Waals surface area contributed by atoms with Crippen molar-refractivity contribution in [3.05, 3.63) is 0 Å². The van der Waals surface area contributed by atoms with Gasteiger partial charge < -0.3 is 4.74 Å². The fraction of sp³-hybridized carbons (Fsp3) is 0.933. The normalized spacial score (nSPS) is 23.9. The third-order valence-electron chi connectivity index (χ3n) is 4.09. The zero-order valence-electron chi connectivity index (χ0n) is 11.5. The van der Waals surface area contributed by atoms with Crippen LogP contribution in [-0.4, -0.2) is 13.1 Å². The van der Waals surface area contributed by atoms with Gasteiger partial charge in [0.15, 0.2) is 0 Å². The zero-order valence-corrected chi connectivity index (χ0v) is 11.5. The van der Waals surface area contributed by atoms with Gasteiger partial charge in [-0.1, -0.05) is 51.9 Å². The highest BCUT2D eigenvalue weighted by Gasteiger charge is 2.32. The summed E-state index contributed by atoms with van der Waals surface area (Å²) in [6.07, 6.45) is 12.8. The Bertz CT molecular complexity index is 213. The van der Waals surface area contributed by atoms with Crippen LogP contribution >= 0.6 is 0 Å². The first-order valence-corrected chi connectivity index (χ1v) is 7.37. The third kappa shape index (κ3) is 5.10. The molecule has 0 aromatic carbocycles. The minimum atomic E-state index is 0.0264. The van der Waals surface area contributed by atoms with Crippen molar-refractivity contribution in [2.75, 3.05) is 7.11 Å². The first kappa shape index (κ1) is 14.5. The van der Waals surface area contributed by atoms with Crippen LogP contribution in [0.15, 0.2) is 0 Å². The summed E-state index contributed by atoms with van der Waals surface area (Å²) in [5.74, 6) is 0.836.